The SMILES string of the molecule is CN1CCN(c2ccnc(C(=O)N3CCCC(C(=O)Nc4cccc(-c5ccc6c(c5)C(=O)NC6)c4)C3)c2)CC1. The minimum absolute atomic E-state index is 0.0565. The number of piperazine rings is 1. The molecule has 2 N–H and O–H groups in total. The van der Waals surface area contributed by atoms with Crippen LogP contribution in [0.5, 0.6) is 0 Å². The Labute approximate surface area is 234 Å². The molecule has 206 valence electrons. The zero-order valence-electron chi connectivity index (χ0n) is 22.7. The number of pyridine rings is 1. The number of amides is 3. The lowest BCUT2D eigenvalue weighted by Gasteiger charge is -2.34. The topological polar surface area (TPSA) is 97.9 Å². The van der Waals surface area contributed by atoms with Gasteiger partial charge in [-0.15, -0.1) is 0 Å². The summed E-state index contributed by atoms with van der Waals surface area (Å²) in [6, 6.07) is 17.4. The Morgan fingerprint density at radius 3 is 2.65 bits per heavy atom. The molecule has 3 amide bonds. The molecule has 3 aliphatic rings. The van der Waals surface area contributed by atoms with E-state index in [1.165, 1.54) is 0 Å². The van der Waals surface area contributed by atoms with Crippen molar-refractivity contribution >= 4 is 29.1 Å². The molecule has 1 unspecified atom stereocenters. The molecule has 0 radical (unpaired) electrons. The summed E-state index contributed by atoms with van der Waals surface area (Å²) in [6.07, 6.45) is 3.19. The molecule has 0 spiro atoms. The Kier molecular flexibility index (Phi) is 7.21. The van der Waals surface area contributed by atoms with E-state index in [2.05, 4.69) is 32.5 Å². The number of hydrogen-bond donors (Lipinski definition) is 2. The fourth-order valence-corrected chi connectivity index (χ4v) is 5.75. The van der Waals surface area contributed by atoms with Gasteiger partial charge in [-0.3, -0.25) is 19.4 Å². The van der Waals surface area contributed by atoms with E-state index < -0.39 is 0 Å². The van der Waals surface area contributed by atoms with Gasteiger partial charge in [-0.2, -0.15) is 0 Å². The lowest BCUT2D eigenvalue weighted by atomic mass is 9.96. The third-order valence-corrected chi connectivity index (χ3v) is 8.17. The smallest absolute Gasteiger partial charge is 0.272 e. The van der Waals surface area contributed by atoms with Crippen molar-refractivity contribution in [3.05, 3.63) is 77.6 Å². The average Bonchev–Trinajstić information content (AvgIpc) is 3.37. The van der Waals surface area contributed by atoms with E-state index in [4.69, 9.17) is 0 Å². The van der Waals surface area contributed by atoms with Crippen LogP contribution < -0.4 is 15.5 Å². The zero-order chi connectivity index (χ0) is 27.6. The Balaban J connectivity index is 1.11. The minimum atomic E-state index is -0.300. The number of piperidine rings is 1. The molecule has 0 saturated carbocycles. The zero-order valence-corrected chi connectivity index (χ0v) is 22.7. The number of fused-ring (bicyclic) bond motifs is 1. The summed E-state index contributed by atoms with van der Waals surface area (Å²) in [5, 5.41) is 5.90. The Bertz CT molecular complexity index is 1450. The van der Waals surface area contributed by atoms with Crippen LogP contribution in [-0.4, -0.2) is 78.8 Å². The molecule has 2 aromatic carbocycles. The first-order chi connectivity index (χ1) is 19.4. The van der Waals surface area contributed by atoms with E-state index >= 15 is 0 Å². The molecular formula is C31H34N6O3. The van der Waals surface area contributed by atoms with E-state index in [9.17, 15) is 14.4 Å². The largest absolute Gasteiger partial charge is 0.369 e. The summed E-state index contributed by atoms with van der Waals surface area (Å²) in [4.78, 5) is 49.5. The highest BCUT2D eigenvalue weighted by atomic mass is 16.2. The number of hydrogen-bond acceptors (Lipinski definition) is 6. The van der Waals surface area contributed by atoms with Crippen LogP contribution in [0.4, 0.5) is 11.4 Å². The Morgan fingerprint density at radius 2 is 1.80 bits per heavy atom. The summed E-state index contributed by atoms with van der Waals surface area (Å²) < 4.78 is 0. The first-order valence-corrected chi connectivity index (χ1v) is 14.0. The van der Waals surface area contributed by atoms with Crippen LogP contribution >= 0.6 is 0 Å². The maximum absolute atomic E-state index is 13.4. The molecule has 4 heterocycles. The number of anilines is 2. The van der Waals surface area contributed by atoms with E-state index in [-0.39, 0.29) is 23.6 Å². The highest BCUT2D eigenvalue weighted by Crippen LogP contribution is 2.28. The van der Waals surface area contributed by atoms with Gasteiger partial charge in [0.15, 0.2) is 0 Å². The van der Waals surface area contributed by atoms with E-state index in [0.717, 1.165) is 61.4 Å². The average molecular weight is 539 g/mol. The number of carbonyl (C=O) groups is 3. The molecule has 1 aromatic heterocycles. The summed E-state index contributed by atoms with van der Waals surface area (Å²) in [5.41, 5.74) is 5.67. The molecule has 3 aromatic rings. The summed E-state index contributed by atoms with van der Waals surface area (Å²) in [7, 11) is 2.12. The van der Waals surface area contributed by atoms with Crippen molar-refractivity contribution < 1.29 is 14.4 Å². The van der Waals surface area contributed by atoms with Crippen LogP contribution in [0.15, 0.2) is 60.8 Å². The fourth-order valence-electron chi connectivity index (χ4n) is 5.75. The molecule has 3 aliphatic heterocycles. The molecule has 0 bridgehead atoms. The van der Waals surface area contributed by atoms with Gasteiger partial charge >= 0.3 is 0 Å². The Hall–Kier alpha value is -4.24. The van der Waals surface area contributed by atoms with Crippen molar-refractivity contribution in [2.75, 3.05) is 56.5 Å². The first kappa shape index (κ1) is 26.0. The molecule has 9 nitrogen and oxygen atoms in total. The van der Waals surface area contributed by atoms with Gasteiger partial charge in [0.05, 0.1) is 5.92 Å². The molecule has 40 heavy (non-hydrogen) atoms. The summed E-state index contributed by atoms with van der Waals surface area (Å²) >= 11 is 0. The van der Waals surface area contributed by atoms with Crippen molar-refractivity contribution in [1.29, 1.82) is 0 Å². The van der Waals surface area contributed by atoms with Gasteiger partial charge in [0.2, 0.25) is 5.91 Å². The molecule has 2 saturated heterocycles. The number of likely N-dealkylation sites (N-methyl/N-ethyl adjacent to an activating group) is 1. The van der Waals surface area contributed by atoms with Gasteiger partial charge in [-0.05, 0) is 66.9 Å². The number of aromatic nitrogens is 1. The van der Waals surface area contributed by atoms with E-state index in [1.54, 1.807) is 11.1 Å². The van der Waals surface area contributed by atoms with Crippen molar-refractivity contribution in [3.8, 4) is 11.1 Å². The molecular weight excluding hydrogens is 504 g/mol. The lowest BCUT2D eigenvalue weighted by molar-refractivity contribution is -0.121. The maximum atomic E-state index is 13.4. The van der Waals surface area contributed by atoms with Crippen LogP contribution in [0, 0.1) is 5.92 Å². The van der Waals surface area contributed by atoms with Crippen molar-refractivity contribution in [2.24, 2.45) is 5.92 Å². The predicted molar refractivity (Wildman–Crippen MR) is 154 cm³/mol. The maximum Gasteiger partial charge on any atom is 0.272 e. The lowest BCUT2D eigenvalue weighted by Crippen LogP contribution is -2.45. The first-order valence-electron chi connectivity index (χ1n) is 14.0. The van der Waals surface area contributed by atoms with Crippen molar-refractivity contribution in [2.45, 2.75) is 19.4 Å². The standard InChI is InChI=1S/C31H34N6O3/c1-35-12-14-36(15-13-35)26-9-10-32-28(18-26)31(40)37-11-3-5-24(20-37)29(38)34-25-6-2-4-21(16-25)22-7-8-23-19-33-30(39)27(23)17-22/h2,4,6-10,16-18,24H,3,5,11-15,19-20H2,1H3,(H,33,39)(H,34,38). The number of nitrogens with one attached hydrogen (secondary N) is 2. The van der Waals surface area contributed by atoms with E-state index in [1.807, 2.05) is 54.6 Å². The van der Waals surface area contributed by atoms with Gasteiger partial charge in [-0.25, -0.2) is 0 Å². The molecule has 2 fully saturated rings. The van der Waals surface area contributed by atoms with Gasteiger partial charge in [0.1, 0.15) is 5.69 Å². The van der Waals surface area contributed by atoms with Gasteiger partial charge in [0.25, 0.3) is 11.8 Å². The van der Waals surface area contributed by atoms with Gasteiger partial charge in [-0.1, -0.05) is 24.3 Å². The van der Waals surface area contributed by atoms with E-state index in [0.29, 0.717) is 36.6 Å². The van der Waals surface area contributed by atoms with Crippen molar-refractivity contribution in [3.63, 3.8) is 0 Å². The normalized spacial score (nSPS) is 19.2. The summed E-state index contributed by atoms with van der Waals surface area (Å²) in [5.74, 6) is -0.580. The highest BCUT2D eigenvalue weighted by Gasteiger charge is 2.30. The van der Waals surface area contributed by atoms with Crippen molar-refractivity contribution in [1.82, 2.24) is 20.1 Å². The number of benzene rings is 2. The van der Waals surface area contributed by atoms with Crippen LogP contribution in [0.2, 0.25) is 0 Å². The van der Waals surface area contributed by atoms with Crippen LogP contribution in [0.25, 0.3) is 11.1 Å². The second-order valence-electron chi connectivity index (χ2n) is 10.9. The fraction of sp³-hybridized carbons (Fsp3) is 0.355. The van der Waals surface area contributed by atoms with Gasteiger partial charge < -0.3 is 25.3 Å². The van der Waals surface area contributed by atoms with Crippen LogP contribution in [0.3, 0.4) is 0 Å². The quantitative estimate of drug-likeness (QED) is 0.518. The second kappa shape index (κ2) is 11.1. The third-order valence-electron chi connectivity index (χ3n) is 8.17. The number of rotatable bonds is 5. The van der Waals surface area contributed by atoms with Gasteiger partial charge in [0, 0.05) is 68.9 Å². The number of likely N-dealkylation sites (tertiary alicyclic amines) is 1. The molecule has 9 heteroatoms. The second-order valence-corrected chi connectivity index (χ2v) is 10.9. The van der Waals surface area contributed by atoms with Crippen LogP contribution in [-0.2, 0) is 11.3 Å². The minimum Gasteiger partial charge on any atom is -0.369 e. The Morgan fingerprint density at radius 1 is 0.975 bits per heavy atom. The molecule has 6 rings (SSSR count). The third kappa shape index (κ3) is 5.42. The predicted octanol–water partition coefficient (Wildman–Crippen LogP) is 3.23. The summed E-state index contributed by atoms with van der Waals surface area (Å²) in [6.45, 7) is 5.36. The number of carbonyl (C=O) groups excluding carboxylic acids is 3. The van der Waals surface area contributed by atoms with Crippen LogP contribution in [0.1, 0.15) is 39.3 Å². The molecule has 0 aliphatic carbocycles. The monoisotopic (exact) mass is 538 g/mol. The highest BCUT2D eigenvalue weighted by molar-refractivity contribution is 6.00. The molecule has 1 atom stereocenters. The number of nitrogens with zero attached hydrogens (tertiary/aromatic N) is 4.